The Labute approximate surface area is 236 Å². The summed E-state index contributed by atoms with van der Waals surface area (Å²) in [6.45, 7) is 6.13. The first kappa shape index (κ1) is 28.5. The number of hydrogen-bond acceptors (Lipinski definition) is 6. The van der Waals surface area contributed by atoms with Gasteiger partial charge in [-0.05, 0) is 98.5 Å². The van der Waals surface area contributed by atoms with Crippen molar-refractivity contribution in [2.75, 3.05) is 6.61 Å². The molecule has 0 bridgehead atoms. The minimum absolute atomic E-state index is 0.122. The van der Waals surface area contributed by atoms with Crippen molar-refractivity contribution in [3.63, 3.8) is 0 Å². The molecule has 0 heterocycles. The third kappa shape index (κ3) is 5.11. The number of rotatable bonds is 8. The number of carbonyl (C=O) groups is 3. The van der Waals surface area contributed by atoms with Gasteiger partial charge in [0.05, 0.1) is 5.71 Å². The number of aliphatic hydroxyl groups excluding tert-OH is 1. The van der Waals surface area contributed by atoms with E-state index in [0.717, 1.165) is 50.7 Å². The van der Waals surface area contributed by atoms with Crippen LogP contribution in [0.5, 0.6) is 0 Å². The molecule has 1 aromatic rings. The molecular weight excluding hydrogens is 508 g/mol. The fraction of sp³-hybridized carbons (Fsp3) is 0.625. The van der Waals surface area contributed by atoms with Gasteiger partial charge in [-0.25, -0.2) is 4.79 Å². The van der Waals surface area contributed by atoms with E-state index in [9.17, 15) is 24.6 Å². The van der Waals surface area contributed by atoms with Crippen LogP contribution in [0.15, 0.2) is 47.1 Å². The highest BCUT2D eigenvalue weighted by atomic mass is 16.6. The molecule has 8 atom stereocenters. The molecule has 3 fully saturated rings. The van der Waals surface area contributed by atoms with Crippen molar-refractivity contribution in [3.8, 4) is 0 Å². The summed E-state index contributed by atoms with van der Waals surface area (Å²) in [6, 6.07) is 6.86. The van der Waals surface area contributed by atoms with Crippen LogP contribution in [0.25, 0.3) is 0 Å². The molecule has 8 heteroatoms. The Kier molecular flexibility index (Phi) is 7.92. The van der Waals surface area contributed by atoms with Gasteiger partial charge in [-0.1, -0.05) is 54.9 Å². The van der Waals surface area contributed by atoms with Gasteiger partial charge >= 0.3 is 5.97 Å². The number of aliphatic carboxylic acids is 1. The zero-order chi connectivity index (χ0) is 28.7. The lowest BCUT2D eigenvalue weighted by atomic mass is 9.46. The molecule has 1 aromatic carbocycles. The molecule has 8 nitrogen and oxygen atoms in total. The van der Waals surface area contributed by atoms with E-state index in [1.165, 1.54) is 12.0 Å². The van der Waals surface area contributed by atoms with Crippen molar-refractivity contribution >= 4 is 23.4 Å². The fourth-order valence-corrected chi connectivity index (χ4v) is 8.82. The lowest BCUT2D eigenvalue weighted by Gasteiger charge is -2.58. The van der Waals surface area contributed by atoms with Gasteiger partial charge in [0.2, 0.25) is 0 Å². The first-order chi connectivity index (χ1) is 19.0. The van der Waals surface area contributed by atoms with E-state index >= 15 is 0 Å². The molecule has 0 aliphatic heterocycles. The normalized spacial score (nSPS) is 35.4. The van der Waals surface area contributed by atoms with E-state index < -0.39 is 30.6 Å². The van der Waals surface area contributed by atoms with Crippen molar-refractivity contribution in [2.24, 2.45) is 39.7 Å². The van der Waals surface area contributed by atoms with Crippen LogP contribution in [0, 0.1) is 34.5 Å². The van der Waals surface area contributed by atoms with Crippen molar-refractivity contribution in [1.82, 2.24) is 5.32 Å². The average Bonchev–Trinajstić information content (AvgIpc) is 3.29. The van der Waals surface area contributed by atoms with Crippen molar-refractivity contribution in [2.45, 2.75) is 84.3 Å². The third-order valence-electron chi connectivity index (χ3n) is 10.9. The topological polar surface area (TPSA) is 125 Å². The van der Waals surface area contributed by atoms with Crippen LogP contribution in [-0.2, 0) is 19.2 Å². The number of ketones is 1. The van der Waals surface area contributed by atoms with E-state index in [0.29, 0.717) is 29.1 Å². The number of nitrogens with zero attached hydrogens (tertiary/aromatic N) is 1. The van der Waals surface area contributed by atoms with Gasteiger partial charge in [-0.3, -0.25) is 9.59 Å². The summed E-state index contributed by atoms with van der Waals surface area (Å²) in [6.07, 6.45) is 9.17. The lowest BCUT2D eigenvalue weighted by Crippen LogP contribution is -2.51. The Hall–Kier alpha value is -3.00. The largest absolute Gasteiger partial charge is 0.480 e. The van der Waals surface area contributed by atoms with Crippen LogP contribution in [0.2, 0.25) is 0 Å². The van der Waals surface area contributed by atoms with E-state index in [1.54, 1.807) is 37.3 Å². The second-order valence-electron chi connectivity index (χ2n) is 12.9. The number of oxime groups is 1. The van der Waals surface area contributed by atoms with Crippen LogP contribution < -0.4 is 5.32 Å². The van der Waals surface area contributed by atoms with Gasteiger partial charge in [-0.15, -0.1) is 0 Å². The van der Waals surface area contributed by atoms with Gasteiger partial charge in [0, 0.05) is 5.92 Å². The number of aliphatic hydroxyl groups is 1. The standard InChI is InChI=1S/C32H42N2O6/c1-19(35)24-11-12-25-23-10-9-21-17-22(13-15-31(21,2)26(23)14-16-32(24,25)3)34-40-18-27(36)33-28(30(38)39)29(37)20-7-5-4-6-8-20/h4-8,17,23-26,28-29,37H,9-16,18H2,1-3H3,(H,33,36)(H,38,39)/t23-,24-,25+,26-,28-,29-,31-,32+/m0/s1. The number of carboxylic acids is 1. The lowest BCUT2D eigenvalue weighted by molar-refractivity contribution is -0.146. The minimum Gasteiger partial charge on any atom is -0.480 e. The quantitative estimate of drug-likeness (QED) is 0.398. The van der Waals surface area contributed by atoms with Gasteiger partial charge in [0.1, 0.15) is 11.9 Å². The number of carbonyl (C=O) groups excluding carboxylic acids is 2. The predicted octanol–water partition coefficient (Wildman–Crippen LogP) is 4.83. The number of fused-ring (bicyclic) bond motifs is 5. The van der Waals surface area contributed by atoms with E-state index in [1.807, 2.05) is 0 Å². The molecule has 3 N–H and O–H groups in total. The fourth-order valence-electron chi connectivity index (χ4n) is 8.82. The maximum absolute atomic E-state index is 12.4. The molecule has 4 aliphatic rings. The van der Waals surface area contributed by atoms with Gasteiger partial charge in [0.25, 0.3) is 5.91 Å². The minimum atomic E-state index is -1.50. The predicted molar refractivity (Wildman–Crippen MR) is 150 cm³/mol. The Morgan fingerprint density at radius 2 is 1.80 bits per heavy atom. The summed E-state index contributed by atoms with van der Waals surface area (Å²) in [5.41, 5.74) is 2.88. The number of nitrogens with one attached hydrogen (secondary N) is 1. The summed E-state index contributed by atoms with van der Waals surface area (Å²) in [7, 11) is 0. The maximum atomic E-state index is 12.4. The molecule has 4 aliphatic carbocycles. The number of amides is 1. The van der Waals surface area contributed by atoms with E-state index in [-0.39, 0.29) is 16.7 Å². The molecule has 3 saturated carbocycles. The molecule has 216 valence electrons. The van der Waals surface area contributed by atoms with E-state index in [4.69, 9.17) is 4.84 Å². The summed E-state index contributed by atoms with van der Waals surface area (Å²) in [4.78, 5) is 41.9. The van der Waals surface area contributed by atoms with E-state index in [2.05, 4.69) is 30.4 Å². The second-order valence-corrected chi connectivity index (χ2v) is 12.9. The molecule has 5 rings (SSSR count). The summed E-state index contributed by atoms with van der Waals surface area (Å²) in [5, 5.41) is 26.6. The smallest absolute Gasteiger partial charge is 0.329 e. The number of hydrogen-bond donors (Lipinski definition) is 3. The summed E-state index contributed by atoms with van der Waals surface area (Å²) in [5.74, 6) is 0.502. The highest BCUT2D eigenvalue weighted by Gasteiger charge is 2.59. The zero-order valence-electron chi connectivity index (χ0n) is 23.8. The van der Waals surface area contributed by atoms with Gasteiger partial charge in [-0.2, -0.15) is 0 Å². The molecule has 0 spiro atoms. The molecule has 0 aromatic heterocycles. The highest BCUT2D eigenvalue weighted by Crippen LogP contribution is 2.66. The summed E-state index contributed by atoms with van der Waals surface area (Å²) < 4.78 is 0. The van der Waals surface area contributed by atoms with Gasteiger partial charge in [0.15, 0.2) is 12.6 Å². The first-order valence-electron chi connectivity index (χ1n) is 14.7. The second kappa shape index (κ2) is 11.1. The van der Waals surface area contributed by atoms with Gasteiger partial charge < -0.3 is 20.4 Å². The van der Waals surface area contributed by atoms with Crippen LogP contribution in [0.1, 0.15) is 83.8 Å². The van der Waals surface area contributed by atoms with Crippen LogP contribution in [0.4, 0.5) is 0 Å². The van der Waals surface area contributed by atoms with Crippen LogP contribution in [-0.4, -0.2) is 46.2 Å². The van der Waals surface area contributed by atoms with Crippen molar-refractivity contribution in [3.05, 3.63) is 47.5 Å². The molecule has 40 heavy (non-hydrogen) atoms. The molecule has 0 saturated heterocycles. The Morgan fingerprint density at radius 1 is 1.05 bits per heavy atom. The molecular formula is C32H42N2O6. The highest BCUT2D eigenvalue weighted by molar-refractivity contribution is 5.96. The number of allylic oxidation sites excluding steroid dienone is 2. The van der Waals surface area contributed by atoms with Crippen molar-refractivity contribution in [1.29, 1.82) is 0 Å². The van der Waals surface area contributed by atoms with Crippen molar-refractivity contribution < 1.29 is 29.4 Å². The monoisotopic (exact) mass is 550 g/mol. The zero-order valence-corrected chi connectivity index (χ0v) is 23.8. The number of benzene rings is 1. The van der Waals surface area contributed by atoms with Crippen LogP contribution in [0.3, 0.4) is 0 Å². The molecule has 0 radical (unpaired) electrons. The Bertz CT molecular complexity index is 1210. The first-order valence-corrected chi connectivity index (χ1v) is 14.7. The summed E-state index contributed by atoms with van der Waals surface area (Å²) >= 11 is 0. The number of carboxylic acid groups (broad SMARTS) is 1. The SMILES string of the molecule is CC(=O)[C@@H]1CC[C@@H]2[C@@H]3CCC4=CC(=NOCC(=O)N[C@H](C(=O)O)[C@@H](O)c5ccccc5)CC[C@]4(C)[C@H]3CC[C@@]21C. The molecule has 1 amide bonds. The Morgan fingerprint density at radius 3 is 2.50 bits per heavy atom. The Balaban J connectivity index is 1.20. The number of Topliss-reactive ketones (excluding diaryl/α,β-unsaturated/α-hetero) is 1. The third-order valence-corrected chi connectivity index (χ3v) is 10.9. The molecule has 0 unspecified atom stereocenters. The maximum Gasteiger partial charge on any atom is 0.329 e. The average molecular weight is 551 g/mol. The van der Waals surface area contributed by atoms with Crippen LogP contribution >= 0.6 is 0 Å².